The van der Waals surface area contributed by atoms with Gasteiger partial charge in [-0.15, -0.1) is 0 Å². The van der Waals surface area contributed by atoms with E-state index in [1.807, 2.05) is 12.1 Å². The van der Waals surface area contributed by atoms with Gasteiger partial charge in [0.05, 0.1) is 27.4 Å². The number of ether oxygens (including phenoxy) is 3. The Bertz CT molecular complexity index is 595. The fourth-order valence-corrected chi connectivity index (χ4v) is 3.11. The van der Waals surface area contributed by atoms with Crippen molar-refractivity contribution < 1.29 is 14.2 Å². The number of aryl methyl sites for hydroxylation is 1. The Labute approximate surface area is 123 Å². The predicted molar refractivity (Wildman–Crippen MR) is 81.2 cm³/mol. The molecule has 0 saturated heterocycles. The molecule has 0 aliphatic heterocycles. The average Bonchev–Trinajstić information content (AvgIpc) is 2.90. The summed E-state index contributed by atoms with van der Waals surface area (Å²) in [4.78, 5) is 0. The maximum Gasteiger partial charge on any atom is 0.203 e. The van der Waals surface area contributed by atoms with E-state index >= 15 is 0 Å². The summed E-state index contributed by atoms with van der Waals surface area (Å²) in [6.07, 6.45) is 0. The van der Waals surface area contributed by atoms with E-state index in [1.54, 1.807) is 32.7 Å². The zero-order chi connectivity index (χ0) is 14.7. The number of hydrogen-bond donors (Lipinski definition) is 1. The van der Waals surface area contributed by atoms with Crippen LogP contribution in [0.15, 0.2) is 22.9 Å². The molecule has 4 nitrogen and oxygen atoms in total. The molecule has 1 aromatic heterocycles. The molecule has 0 radical (unpaired) electrons. The molecule has 0 aliphatic carbocycles. The van der Waals surface area contributed by atoms with Gasteiger partial charge in [-0.2, -0.15) is 11.3 Å². The van der Waals surface area contributed by atoms with Crippen LogP contribution in [0, 0.1) is 6.92 Å². The number of methoxy groups -OCH3 is 3. The molecule has 0 fully saturated rings. The first kappa shape index (κ1) is 14.7. The summed E-state index contributed by atoms with van der Waals surface area (Å²) < 4.78 is 16.2. The molecule has 1 aromatic carbocycles. The molecule has 2 rings (SSSR count). The normalized spacial score (nSPS) is 12.1. The second kappa shape index (κ2) is 6.15. The highest BCUT2D eigenvalue weighted by molar-refractivity contribution is 7.08. The lowest BCUT2D eigenvalue weighted by atomic mass is 9.98. The first-order valence-corrected chi connectivity index (χ1v) is 7.15. The lowest BCUT2D eigenvalue weighted by molar-refractivity contribution is 0.321. The first-order valence-electron chi connectivity index (χ1n) is 6.21. The van der Waals surface area contributed by atoms with Crippen molar-refractivity contribution in [1.29, 1.82) is 0 Å². The van der Waals surface area contributed by atoms with E-state index in [-0.39, 0.29) is 6.04 Å². The Kier molecular flexibility index (Phi) is 4.52. The fourth-order valence-electron chi connectivity index (χ4n) is 2.23. The molecule has 0 bridgehead atoms. The van der Waals surface area contributed by atoms with Gasteiger partial charge in [0.15, 0.2) is 11.5 Å². The highest BCUT2D eigenvalue weighted by Crippen LogP contribution is 2.43. The zero-order valence-electron chi connectivity index (χ0n) is 12.1. The Hall–Kier alpha value is -1.72. The molecular formula is C15H19NO3S. The summed E-state index contributed by atoms with van der Waals surface area (Å²) in [6.45, 7) is 2.05. The van der Waals surface area contributed by atoms with Crippen molar-refractivity contribution in [3.05, 3.63) is 39.6 Å². The monoisotopic (exact) mass is 293 g/mol. The molecule has 2 aromatic rings. The molecule has 5 heteroatoms. The highest BCUT2D eigenvalue weighted by atomic mass is 32.1. The van der Waals surface area contributed by atoms with Gasteiger partial charge in [0.25, 0.3) is 0 Å². The number of rotatable bonds is 5. The van der Waals surface area contributed by atoms with E-state index in [4.69, 9.17) is 19.9 Å². The van der Waals surface area contributed by atoms with Crippen LogP contribution in [0.25, 0.3) is 0 Å². The van der Waals surface area contributed by atoms with Gasteiger partial charge in [0.1, 0.15) is 0 Å². The van der Waals surface area contributed by atoms with Crippen LogP contribution in [-0.2, 0) is 0 Å². The summed E-state index contributed by atoms with van der Waals surface area (Å²) in [5, 5.41) is 4.15. The Morgan fingerprint density at radius 1 is 0.950 bits per heavy atom. The molecular weight excluding hydrogens is 274 g/mol. The van der Waals surface area contributed by atoms with Crippen LogP contribution in [0.4, 0.5) is 0 Å². The molecule has 0 saturated carbocycles. The van der Waals surface area contributed by atoms with Crippen LogP contribution >= 0.6 is 11.3 Å². The second-order valence-electron chi connectivity index (χ2n) is 4.41. The van der Waals surface area contributed by atoms with Crippen LogP contribution < -0.4 is 19.9 Å². The molecule has 0 aliphatic rings. The van der Waals surface area contributed by atoms with Crippen molar-refractivity contribution in [1.82, 2.24) is 0 Å². The standard InChI is InChI=1S/C15H19NO3S/c1-9-7-20-8-11(9)13(16)10-5-6-12(17-2)15(19-4)14(10)18-3/h5-8,13H,16H2,1-4H3. The Morgan fingerprint density at radius 3 is 2.15 bits per heavy atom. The van der Waals surface area contributed by atoms with Gasteiger partial charge in [-0.3, -0.25) is 0 Å². The van der Waals surface area contributed by atoms with Crippen LogP contribution in [0.3, 0.4) is 0 Å². The zero-order valence-corrected chi connectivity index (χ0v) is 12.9. The van der Waals surface area contributed by atoms with Crippen LogP contribution in [0.1, 0.15) is 22.7 Å². The number of hydrogen-bond acceptors (Lipinski definition) is 5. The predicted octanol–water partition coefficient (Wildman–Crippen LogP) is 3.13. The van der Waals surface area contributed by atoms with E-state index in [0.717, 1.165) is 11.1 Å². The topological polar surface area (TPSA) is 53.7 Å². The maximum absolute atomic E-state index is 6.38. The molecule has 20 heavy (non-hydrogen) atoms. The fraction of sp³-hybridized carbons (Fsp3) is 0.333. The lowest BCUT2D eigenvalue weighted by Gasteiger charge is -2.19. The van der Waals surface area contributed by atoms with Crippen LogP contribution in [0.5, 0.6) is 17.2 Å². The van der Waals surface area contributed by atoms with Gasteiger partial charge < -0.3 is 19.9 Å². The van der Waals surface area contributed by atoms with Crippen LogP contribution in [-0.4, -0.2) is 21.3 Å². The molecule has 1 unspecified atom stereocenters. The van der Waals surface area contributed by atoms with E-state index in [0.29, 0.717) is 17.2 Å². The third-order valence-corrected chi connectivity index (χ3v) is 4.18. The number of benzene rings is 1. The van der Waals surface area contributed by atoms with Crippen LogP contribution in [0.2, 0.25) is 0 Å². The van der Waals surface area contributed by atoms with Crippen molar-refractivity contribution in [2.75, 3.05) is 21.3 Å². The SMILES string of the molecule is COc1ccc(C(N)c2cscc2C)c(OC)c1OC. The van der Waals surface area contributed by atoms with Gasteiger partial charge in [0.2, 0.25) is 5.75 Å². The van der Waals surface area contributed by atoms with E-state index in [2.05, 4.69) is 17.7 Å². The summed E-state index contributed by atoms with van der Waals surface area (Å²) in [6, 6.07) is 3.51. The number of thiophene rings is 1. The van der Waals surface area contributed by atoms with E-state index in [1.165, 1.54) is 5.56 Å². The third kappa shape index (κ3) is 2.46. The van der Waals surface area contributed by atoms with Crippen molar-refractivity contribution in [2.24, 2.45) is 5.73 Å². The average molecular weight is 293 g/mol. The summed E-state index contributed by atoms with van der Waals surface area (Å²) >= 11 is 1.64. The minimum atomic E-state index is -0.254. The largest absolute Gasteiger partial charge is 0.493 e. The Balaban J connectivity index is 2.54. The van der Waals surface area contributed by atoms with Gasteiger partial charge in [-0.25, -0.2) is 0 Å². The summed E-state index contributed by atoms with van der Waals surface area (Å²) in [7, 11) is 4.79. The van der Waals surface area contributed by atoms with Crippen molar-refractivity contribution in [3.63, 3.8) is 0 Å². The molecule has 1 atom stereocenters. The molecule has 1 heterocycles. The smallest absolute Gasteiger partial charge is 0.203 e. The quantitative estimate of drug-likeness (QED) is 0.920. The van der Waals surface area contributed by atoms with Gasteiger partial charge >= 0.3 is 0 Å². The second-order valence-corrected chi connectivity index (χ2v) is 5.15. The summed E-state index contributed by atoms with van der Waals surface area (Å²) in [5.74, 6) is 1.81. The van der Waals surface area contributed by atoms with Gasteiger partial charge in [-0.05, 0) is 40.9 Å². The number of nitrogens with two attached hydrogens (primary N) is 1. The van der Waals surface area contributed by atoms with Crippen molar-refractivity contribution >= 4 is 11.3 Å². The molecule has 0 spiro atoms. The maximum atomic E-state index is 6.38. The minimum Gasteiger partial charge on any atom is -0.493 e. The highest BCUT2D eigenvalue weighted by Gasteiger charge is 2.22. The van der Waals surface area contributed by atoms with E-state index < -0.39 is 0 Å². The van der Waals surface area contributed by atoms with Crippen molar-refractivity contribution in [2.45, 2.75) is 13.0 Å². The lowest BCUT2D eigenvalue weighted by Crippen LogP contribution is -2.14. The van der Waals surface area contributed by atoms with Gasteiger partial charge in [0, 0.05) is 5.56 Å². The Morgan fingerprint density at radius 2 is 1.65 bits per heavy atom. The van der Waals surface area contributed by atoms with E-state index in [9.17, 15) is 0 Å². The minimum absolute atomic E-state index is 0.254. The van der Waals surface area contributed by atoms with Gasteiger partial charge in [-0.1, -0.05) is 0 Å². The third-order valence-electron chi connectivity index (χ3n) is 3.30. The molecule has 0 amide bonds. The summed E-state index contributed by atoms with van der Waals surface area (Å²) in [5.41, 5.74) is 9.54. The molecule has 2 N–H and O–H groups in total. The first-order chi connectivity index (χ1) is 9.63. The molecule has 108 valence electrons. The van der Waals surface area contributed by atoms with Crippen molar-refractivity contribution in [3.8, 4) is 17.2 Å².